The van der Waals surface area contributed by atoms with E-state index in [1.165, 1.54) is 7.11 Å². The summed E-state index contributed by atoms with van der Waals surface area (Å²) < 4.78 is 10.1. The topological polar surface area (TPSA) is 97.0 Å². The quantitative estimate of drug-likeness (QED) is 0.588. The molecule has 8 nitrogen and oxygen atoms in total. The van der Waals surface area contributed by atoms with Crippen molar-refractivity contribution in [2.24, 2.45) is 0 Å². The Morgan fingerprint density at radius 2 is 2.32 bits per heavy atom. The molecule has 2 N–H and O–H groups in total. The first-order chi connectivity index (χ1) is 10.6. The molecule has 2 amide bonds. The first-order valence-electron chi connectivity index (χ1n) is 7.57. The highest BCUT2D eigenvalue weighted by molar-refractivity contribution is 5.88. The highest BCUT2D eigenvalue weighted by Crippen LogP contribution is 2.11. The second-order valence-corrected chi connectivity index (χ2v) is 5.50. The molecular formula is C14H23N3O5. The first kappa shape index (κ1) is 16.7. The lowest BCUT2D eigenvalue weighted by Crippen LogP contribution is -2.58. The molecule has 124 valence electrons. The minimum atomic E-state index is -0.658. The Morgan fingerprint density at radius 1 is 1.50 bits per heavy atom. The number of amides is 2. The molecule has 0 aromatic heterocycles. The molecule has 2 heterocycles. The fourth-order valence-corrected chi connectivity index (χ4v) is 2.69. The maximum absolute atomic E-state index is 12.0. The fraction of sp³-hybridized carbons (Fsp3) is 0.786. The van der Waals surface area contributed by atoms with Gasteiger partial charge in [-0.3, -0.25) is 19.3 Å². The number of carbonyl (C=O) groups excluding carboxylic acids is 3. The minimum absolute atomic E-state index is 0.0542. The van der Waals surface area contributed by atoms with Gasteiger partial charge in [-0.2, -0.15) is 0 Å². The van der Waals surface area contributed by atoms with Gasteiger partial charge in [-0.1, -0.05) is 0 Å². The van der Waals surface area contributed by atoms with E-state index in [0.29, 0.717) is 19.6 Å². The molecule has 0 aromatic carbocycles. The van der Waals surface area contributed by atoms with Crippen LogP contribution in [0.2, 0.25) is 0 Å². The highest BCUT2D eigenvalue weighted by atomic mass is 16.5. The van der Waals surface area contributed by atoms with Crippen molar-refractivity contribution in [2.75, 3.05) is 39.9 Å². The largest absolute Gasteiger partial charge is 0.469 e. The Bertz CT molecular complexity index is 423. The SMILES string of the molecule is COC(=O)CC1C(=O)NCCN1CC(=O)NCC1CCCO1. The Labute approximate surface area is 129 Å². The number of methoxy groups -OCH3 is 1. The monoisotopic (exact) mass is 313 g/mol. The van der Waals surface area contributed by atoms with Crippen molar-refractivity contribution in [3.05, 3.63) is 0 Å². The number of hydrogen-bond donors (Lipinski definition) is 2. The molecule has 22 heavy (non-hydrogen) atoms. The summed E-state index contributed by atoms with van der Waals surface area (Å²) in [5.41, 5.74) is 0. The summed E-state index contributed by atoms with van der Waals surface area (Å²) in [6, 6.07) is -0.658. The number of nitrogens with one attached hydrogen (secondary N) is 2. The van der Waals surface area contributed by atoms with Gasteiger partial charge in [0.25, 0.3) is 0 Å². The number of carbonyl (C=O) groups is 3. The lowest BCUT2D eigenvalue weighted by Gasteiger charge is -2.33. The number of rotatable bonds is 6. The Hall–Kier alpha value is -1.67. The van der Waals surface area contributed by atoms with Crippen LogP contribution < -0.4 is 10.6 Å². The molecule has 0 saturated carbocycles. The van der Waals surface area contributed by atoms with Crippen molar-refractivity contribution < 1.29 is 23.9 Å². The van der Waals surface area contributed by atoms with Gasteiger partial charge in [-0.25, -0.2) is 0 Å². The summed E-state index contributed by atoms with van der Waals surface area (Å²) in [6.45, 7) is 2.31. The van der Waals surface area contributed by atoms with E-state index >= 15 is 0 Å². The Kier molecular flexibility index (Phi) is 6.14. The molecule has 0 spiro atoms. The van der Waals surface area contributed by atoms with Crippen molar-refractivity contribution in [1.29, 1.82) is 0 Å². The average molecular weight is 313 g/mol. The van der Waals surface area contributed by atoms with Crippen molar-refractivity contribution >= 4 is 17.8 Å². The van der Waals surface area contributed by atoms with E-state index in [9.17, 15) is 14.4 Å². The lowest BCUT2D eigenvalue weighted by molar-refractivity contribution is -0.146. The van der Waals surface area contributed by atoms with Crippen LogP contribution in [0.1, 0.15) is 19.3 Å². The number of hydrogen-bond acceptors (Lipinski definition) is 6. The smallest absolute Gasteiger partial charge is 0.307 e. The summed E-state index contributed by atoms with van der Waals surface area (Å²) in [7, 11) is 1.28. The third-order valence-corrected chi connectivity index (χ3v) is 3.93. The number of esters is 1. The molecule has 2 rings (SSSR count). The number of ether oxygens (including phenoxy) is 2. The van der Waals surface area contributed by atoms with E-state index in [2.05, 4.69) is 15.4 Å². The van der Waals surface area contributed by atoms with Crippen LogP contribution in [0.25, 0.3) is 0 Å². The predicted molar refractivity (Wildman–Crippen MR) is 77.0 cm³/mol. The van der Waals surface area contributed by atoms with Gasteiger partial charge >= 0.3 is 5.97 Å². The summed E-state index contributed by atoms with van der Waals surface area (Å²) >= 11 is 0. The zero-order chi connectivity index (χ0) is 15.9. The van der Waals surface area contributed by atoms with Gasteiger partial charge in [-0.05, 0) is 12.8 Å². The zero-order valence-electron chi connectivity index (χ0n) is 12.8. The summed E-state index contributed by atoms with van der Waals surface area (Å²) in [5, 5.41) is 5.52. The van der Waals surface area contributed by atoms with Crippen molar-refractivity contribution in [3.8, 4) is 0 Å². The van der Waals surface area contributed by atoms with Crippen LogP contribution in [0.4, 0.5) is 0 Å². The third-order valence-electron chi connectivity index (χ3n) is 3.93. The lowest BCUT2D eigenvalue weighted by atomic mass is 10.1. The second-order valence-electron chi connectivity index (χ2n) is 5.50. The molecule has 2 aliphatic heterocycles. The van der Waals surface area contributed by atoms with E-state index < -0.39 is 12.0 Å². The third kappa shape index (κ3) is 4.67. The van der Waals surface area contributed by atoms with Gasteiger partial charge in [-0.15, -0.1) is 0 Å². The summed E-state index contributed by atoms with van der Waals surface area (Å²) in [4.78, 5) is 37.0. The van der Waals surface area contributed by atoms with E-state index in [4.69, 9.17) is 4.74 Å². The standard InChI is InChI=1S/C14H23N3O5/c1-21-13(19)7-11-14(20)15-4-5-17(11)9-12(18)16-8-10-3-2-6-22-10/h10-11H,2-9H2,1H3,(H,15,20)(H,16,18). The van der Waals surface area contributed by atoms with E-state index in [-0.39, 0.29) is 30.9 Å². The predicted octanol–water partition coefficient (Wildman–Crippen LogP) is -1.35. The van der Waals surface area contributed by atoms with Gasteiger partial charge in [0.1, 0.15) is 6.04 Å². The molecule has 2 atom stereocenters. The fourth-order valence-electron chi connectivity index (χ4n) is 2.69. The van der Waals surface area contributed by atoms with Gasteiger partial charge in [0.05, 0.1) is 26.2 Å². The molecule has 2 fully saturated rings. The number of piperazine rings is 1. The zero-order valence-corrected chi connectivity index (χ0v) is 12.8. The first-order valence-corrected chi connectivity index (χ1v) is 7.57. The van der Waals surface area contributed by atoms with Crippen LogP contribution >= 0.6 is 0 Å². The molecular weight excluding hydrogens is 290 g/mol. The Balaban J connectivity index is 1.82. The van der Waals surface area contributed by atoms with Crippen LogP contribution in [0, 0.1) is 0 Å². The molecule has 8 heteroatoms. The van der Waals surface area contributed by atoms with E-state index in [0.717, 1.165) is 19.4 Å². The molecule has 0 radical (unpaired) electrons. The van der Waals surface area contributed by atoms with E-state index in [1.807, 2.05) is 0 Å². The molecule has 2 unspecified atom stereocenters. The van der Waals surface area contributed by atoms with Gasteiger partial charge in [0.15, 0.2) is 0 Å². The van der Waals surface area contributed by atoms with Crippen molar-refractivity contribution in [1.82, 2.24) is 15.5 Å². The molecule has 2 aliphatic rings. The maximum atomic E-state index is 12.0. The van der Waals surface area contributed by atoms with Gasteiger partial charge in [0.2, 0.25) is 11.8 Å². The Morgan fingerprint density at radius 3 is 3.00 bits per heavy atom. The second kappa shape index (κ2) is 8.09. The molecule has 0 aromatic rings. The van der Waals surface area contributed by atoms with Crippen LogP contribution in [-0.4, -0.2) is 74.7 Å². The van der Waals surface area contributed by atoms with Crippen LogP contribution in [0.5, 0.6) is 0 Å². The maximum Gasteiger partial charge on any atom is 0.307 e. The average Bonchev–Trinajstić information content (AvgIpc) is 3.02. The normalized spacial score (nSPS) is 25.6. The molecule has 0 aliphatic carbocycles. The van der Waals surface area contributed by atoms with Crippen LogP contribution in [0.3, 0.4) is 0 Å². The summed E-state index contributed by atoms with van der Waals surface area (Å²) in [5.74, 6) is -0.879. The minimum Gasteiger partial charge on any atom is -0.469 e. The number of nitrogens with zero attached hydrogens (tertiary/aromatic N) is 1. The van der Waals surface area contributed by atoms with Crippen molar-refractivity contribution in [3.63, 3.8) is 0 Å². The van der Waals surface area contributed by atoms with Gasteiger partial charge < -0.3 is 20.1 Å². The summed E-state index contributed by atoms with van der Waals surface area (Å²) in [6.07, 6.45) is 2.01. The van der Waals surface area contributed by atoms with Crippen molar-refractivity contribution in [2.45, 2.75) is 31.4 Å². The van der Waals surface area contributed by atoms with Gasteiger partial charge in [0, 0.05) is 26.2 Å². The molecule has 0 bridgehead atoms. The van der Waals surface area contributed by atoms with E-state index in [1.54, 1.807) is 4.90 Å². The van der Waals surface area contributed by atoms with Crippen LogP contribution in [0.15, 0.2) is 0 Å². The highest BCUT2D eigenvalue weighted by Gasteiger charge is 2.33. The molecule has 2 saturated heterocycles. The van der Waals surface area contributed by atoms with Crippen LogP contribution in [-0.2, 0) is 23.9 Å².